The van der Waals surface area contributed by atoms with Crippen LogP contribution in [0.15, 0.2) is 52.0 Å². The van der Waals surface area contributed by atoms with Crippen LogP contribution in [0.4, 0.5) is 0 Å². The second-order valence-corrected chi connectivity index (χ2v) is 7.45. The van der Waals surface area contributed by atoms with Crippen molar-refractivity contribution in [1.82, 2.24) is 9.55 Å². The van der Waals surface area contributed by atoms with Crippen LogP contribution in [0.5, 0.6) is 0 Å². The van der Waals surface area contributed by atoms with E-state index in [1.807, 2.05) is 26.0 Å². The Morgan fingerprint density at radius 3 is 2.64 bits per heavy atom. The average Bonchev–Trinajstić information content (AvgIpc) is 2.68. The highest BCUT2D eigenvalue weighted by Crippen LogP contribution is 2.15. The van der Waals surface area contributed by atoms with Crippen LogP contribution in [0, 0.1) is 13.8 Å². The van der Waals surface area contributed by atoms with E-state index in [0.717, 1.165) is 15.6 Å². The van der Waals surface area contributed by atoms with Gasteiger partial charge in [-0.05, 0) is 49.2 Å². The molecule has 7 heteroatoms. The lowest BCUT2D eigenvalue weighted by Gasteiger charge is -2.08. The van der Waals surface area contributed by atoms with Crippen LogP contribution in [0.25, 0.3) is 10.9 Å². The van der Waals surface area contributed by atoms with Gasteiger partial charge in [-0.1, -0.05) is 28.1 Å². The first-order valence-electron chi connectivity index (χ1n) is 8.76. The zero-order chi connectivity index (χ0) is 20.3. The molecular formula is C21H19BrN2O4. The second kappa shape index (κ2) is 8.48. The van der Waals surface area contributed by atoms with Crippen LogP contribution in [0.3, 0.4) is 0 Å². The minimum Gasteiger partial charge on any atom is -0.457 e. The maximum Gasteiger partial charge on any atom is 0.308 e. The van der Waals surface area contributed by atoms with Gasteiger partial charge in [0.2, 0.25) is 0 Å². The highest BCUT2D eigenvalue weighted by molar-refractivity contribution is 9.10. The molecule has 0 unspecified atom stereocenters. The second-order valence-electron chi connectivity index (χ2n) is 6.54. The van der Waals surface area contributed by atoms with Gasteiger partial charge in [0.25, 0.3) is 5.56 Å². The van der Waals surface area contributed by atoms with Crippen LogP contribution in [0.2, 0.25) is 0 Å². The SMILES string of the molecule is Cc1ccc(C(=O)COC(=O)CCn2cnc3ccc(Br)cc3c2=O)cc1C. The molecule has 0 bridgehead atoms. The van der Waals surface area contributed by atoms with Crippen molar-refractivity contribution in [3.05, 3.63) is 74.2 Å². The van der Waals surface area contributed by atoms with Gasteiger partial charge in [0.05, 0.1) is 23.7 Å². The summed E-state index contributed by atoms with van der Waals surface area (Å²) in [6.07, 6.45) is 1.38. The van der Waals surface area contributed by atoms with Crippen molar-refractivity contribution in [2.45, 2.75) is 26.8 Å². The quantitative estimate of drug-likeness (QED) is 0.430. The van der Waals surface area contributed by atoms with E-state index < -0.39 is 5.97 Å². The number of carbonyl (C=O) groups excluding carboxylic acids is 2. The van der Waals surface area contributed by atoms with E-state index in [0.29, 0.717) is 16.5 Å². The molecule has 1 aromatic heterocycles. The monoisotopic (exact) mass is 442 g/mol. The highest BCUT2D eigenvalue weighted by Gasteiger charge is 2.12. The summed E-state index contributed by atoms with van der Waals surface area (Å²) in [6.45, 7) is 3.70. The van der Waals surface area contributed by atoms with Gasteiger partial charge in [0.1, 0.15) is 0 Å². The zero-order valence-corrected chi connectivity index (χ0v) is 17.2. The number of Topliss-reactive ketones (excluding diaryl/α,β-unsaturated/α-hetero) is 1. The summed E-state index contributed by atoms with van der Waals surface area (Å²) in [5.41, 5.74) is 2.97. The zero-order valence-electron chi connectivity index (χ0n) is 15.6. The Hall–Kier alpha value is -2.80. The predicted molar refractivity (Wildman–Crippen MR) is 110 cm³/mol. The molecule has 2 aromatic carbocycles. The Labute approximate surface area is 170 Å². The molecule has 0 N–H and O–H groups in total. The Kier molecular flexibility index (Phi) is 6.04. The molecule has 144 valence electrons. The van der Waals surface area contributed by atoms with Gasteiger partial charge in [-0.15, -0.1) is 0 Å². The van der Waals surface area contributed by atoms with Crippen molar-refractivity contribution in [1.29, 1.82) is 0 Å². The molecule has 3 aromatic rings. The summed E-state index contributed by atoms with van der Waals surface area (Å²) < 4.78 is 7.21. The predicted octanol–water partition coefficient (Wildman–Crippen LogP) is 3.59. The summed E-state index contributed by atoms with van der Waals surface area (Å²) >= 11 is 3.33. The van der Waals surface area contributed by atoms with Crippen molar-refractivity contribution in [2.75, 3.05) is 6.61 Å². The van der Waals surface area contributed by atoms with Crippen LogP contribution >= 0.6 is 15.9 Å². The van der Waals surface area contributed by atoms with Crippen LogP contribution in [-0.4, -0.2) is 27.9 Å². The first-order chi connectivity index (χ1) is 13.3. The number of carbonyl (C=O) groups is 2. The fraction of sp³-hybridized carbons (Fsp3) is 0.238. The van der Waals surface area contributed by atoms with E-state index in [1.165, 1.54) is 10.9 Å². The molecule has 0 saturated carbocycles. The Balaban J connectivity index is 1.59. The molecule has 3 rings (SSSR count). The lowest BCUT2D eigenvalue weighted by atomic mass is 10.0. The minimum atomic E-state index is -0.543. The highest BCUT2D eigenvalue weighted by atomic mass is 79.9. The maximum absolute atomic E-state index is 12.5. The fourth-order valence-corrected chi connectivity index (χ4v) is 3.08. The van der Waals surface area contributed by atoms with Crippen molar-refractivity contribution < 1.29 is 14.3 Å². The molecule has 6 nitrogen and oxygen atoms in total. The number of hydrogen-bond donors (Lipinski definition) is 0. The molecular weight excluding hydrogens is 424 g/mol. The number of hydrogen-bond acceptors (Lipinski definition) is 5. The molecule has 0 saturated heterocycles. The van der Waals surface area contributed by atoms with E-state index >= 15 is 0 Å². The summed E-state index contributed by atoms with van der Waals surface area (Å²) in [5.74, 6) is -0.802. The number of ketones is 1. The lowest BCUT2D eigenvalue weighted by Crippen LogP contribution is -2.23. The number of fused-ring (bicyclic) bond motifs is 1. The molecule has 0 amide bonds. The van der Waals surface area contributed by atoms with Crippen LogP contribution < -0.4 is 5.56 Å². The Bertz CT molecular complexity index is 1120. The van der Waals surface area contributed by atoms with E-state index in [1.54, 1.807) is 24.3 Å². The first-order valence-corrected chi connectivity index (χ1v) is 9.55. The molecule has 0 atom stereocenters. The van der Waals surface area contributed by atoms with Gasteiger partial charge in [0, 0.05) is 16.6 Å². The average molecular weight is 443 g/mol. The largest absolute Gasteiger partial charge is 0.457 e. The first kappa shape index (κ1) is 19.9. The van der Waals surface area contributed by atoms with Crippen molar-refractivity contribution in [3.8, 4) is 0 Å². The van der Waals surface area contributed by atoms with Crippen molar-refractivity contribution >= 4 is 38.6 Å². The third-order valence-electron chi connectivity index (χ3n) is 4.54. The Morgan fingerprint density at radius 2 is 1.89 bits per heavy atom. The molecule has 0 fully saturated rings. The fourth-order valence-electron chi connectivity index (χ4n) is 2.72. The van der Waals surface area contributed by atoms with Crippen LogP contribution in [0.1, 0.15) is 27.9 Å². The van der Waals surface area contributed by atoms with E-state index in [-0.39, 0.29) is 30.9 Å². The number of aryl methyl sites for hydroxylation is 3. The van der Waals surface area contributed by atoms with E-state index in [2.05, 4.69) is 20.9 Å². The summed E-state index contributed by atoms with van der Waals surface area (Å²) in [7, 11) is 0. The molecule has 0 aliphatic carbocycles. The standard InChI is InChI=1S/C21H19BrN2O4/c1-13-3-4-15(9-14(13)2)19(25)11-28-20(26)7-8-24-12-23-18-6-5-16(22)10-17(18)21(24)27/h3-6,9-10,12H,7-8,11H2,1-2H3. The lowest BCUT2D eigenvalue weighted by molar-refractivity contribution is -0.142. The number of esters is 1. The summed E-state index contributed by atoms with van der Waals surface area (Å²) in [6, 6.07) is 10.6. The number of nitrogens with zero attached hydrogens (tertiary/aromatic N) is 2. The van der Waals surface area contributed by atoms with Gasteiger partial charge in [0.15, 0.2) is 12.4 Å². The molecule has 28 heavy (non-hydrogen) atoms. The number of ether oxygens (including phenoxy) is 1. The van der Waals surface area contributed by atoms with Gasteiger partial charge >= 0.3 is 5.97 Å². The van der Waals surface area contributed by atoms with Crippen molar-refractivity contribution in [2.24, 2.45) is 0 Å². The van der Waals surface area contributed by atoms with Gasteiger partial charge in [-0.3, -0.25) is 19.0 Å². The third-order valence-corrected chi connectivity index (χ3v) is 5.03. The maximum atomic E-state index is 12.5. The number of halogens is 1. The number of aromatic nitrogens is 2. The van der Waals surface area contributed by atoms with E-state index in [9.17, 15) is 14.4 Å². The molecule has 0 aliphatic rings. The molecule has 1 heterocycles. The minimum absolute atomic E-state index is 0.0265. The smallest absolute Gasteiger partial charge is 0.308 e. The topological polar surface area (TPSA) is 78.3 Å². The van der Waals surface area contributed by atoms with E-state index in [4.69, 9.17) is 4.74 Å². The normalized spacial score (nSPS) is 10.8. The Morgan fingerprint density at radius 1 is 1.11 bits per heavy atom. The number of benzene rings is 2. The third kappa shape index (κ3) is 4.54. The van der Waals surface area contributed by atoms with Crippen molar-refractivity contribution in [3.63, 3.8) is 0 Å². The summed E-state index contributed by atoms with van der Waals surface area (Å²) in [5, 5.41) is 0.468. The summed E-state index contributed by atoms with van der Waals surface area (Å²) in [4.78, 5) is 40.9. The van der Waals surface area contributed by atoms with Crippen LogP contribution in [-0.2, 0) is 16.1 Å². The molecule has 0 spiro atoms. The molecule has 0 aliphatic heterocycles. The van der Waals surface area contributed by atoms with Gasteiger partial charge in [-0.2, -0.15) is 0 Å². The molecule has 0 radical (unpaired) electrons. The number of rotatable bonds is 6. The van der Waals surface area contributed by atoms with Gasteiger partial charge in [-0.25, -0.2) is 4.98 Å². The van der Waals surface area contributed by atoms with Gasteiger partial charge < -0.3 is 4.74 Å².